The van der Waals surface area contributed by atoms with Gasteiger partial charge in [-0.15, -0.1) is 0 Å². The fourth-order valence-corrected chi connectivity index (χ4v) is 3.98. The number of nitro benzene ring substituents is 1. The highest BCUT2D eigenvalue weighted by atomic mass is 32.2. The van der Waals surface area contributed by atoms with Gasteiger partial charge in [0.1, 0.15) is 11.5 Å². The van der Waals surface area contributed by atoms with E-state index in [-0.39, 0.29) is 11.6 Å². The largest absolute Gasteiger partial charge is 0.456 e. The Morgan fingerprint density at radius 1 is 1.10 bits per heavy atom. The Morgan fingerprint density at radius 2 is 1.83 bits per heavy atom. The highest BCUT2D eigenvalue weighted by molar-refractivity contribution is 8.18. The second-order valence-corrected chi connectivity index (χ2v) is 7.83. The van der Waals surface area contributed by atoms with E-state index in [2.05, 4.69) is 16.4 Å². The minimum absolute atomic E-state index is 0.0399. The maximum Gasteiger partial charge on any atom is 0.280 e. The SMILES string of the molecule is Cc1cc(C)cc(N=C2NC(=O)/C(=C\c3ccc(-c4ccccc4[N+](=O)[O-])o3)S2)c1. The lowest BCUT2D eigenvalue weighted by Crippen LogP contribution is -2.19. The number of amidine groups is 1. The van der Waals surface area contributed by atoms with Gasteiger partial charge in [-0.2, -0.15) is 0 Å². The summed E-state index contributed by atoms with van der Waals surface area (Å²) in [5.41, 5.74) is 3.30. The summed E-state index contributed by atoms with van der Waals surface area (Å²) >= 11 is 1.22. The van der Waals surface area contributed by atoms with Crippen LogP contribution in [0.15, 0.2) is 68.9 Å². The van der Waals surface area contributed by atoms with Crippen LogP contribution in [0, 0.1) is 24.0 Å². The highest BCUT2D eigenvalue weighted by Crippen LogP contribution is 2.33. The lowest BCUT2D eigenvalue weighted by atomic mass is 10.1. The first-order valence-electron chi connectivity index (χ1n) is 9.10. The van der Waals surface area contributed by atoms with Gasteiger partial charge in [-0.05, 0) is 67.1 Å². The molecule has 8 heteroatoms. The summed E-state index contributed by atoms with van der Waals surface area (Å²) in [6, 6.07) is 15.6. The van der Waals surface area contributed by atoms with Crippen LogP contribution in [0.3, 0.4) is 0 Å². The van der Waals surface area contributed by atoms with Gasteiger partial charge in [0.25, 0.3) is 11.6 Å². The van der Waals surface area contributed by atoms with Crippen LogP contribution in [0.2, 0.25) is 0 Å². The number of hydrogen-bond donors (Lipinski definition) is 1. The molecule has 0 bridgehead atoms. The van der Waals surface area contributed by atoms with E-state index in [9.17, 15) is 14.9 Å². The Bertz CT molecular complexity index is 1210. The molecule has 150 valence electrons. The average Bonchev–Trinajstić information content (AvgIpc) is 3.28. The molecule has 1 saturated heterocycles. The van der Waals surface area contributed by atoms with E-state index < -0.39 is 4.92 Å². The van der Waals surface area contributed by atoms with Crippen LogP contribution in [0.5, 0.6) is 0 Å². The van der Waals surface area contributed by atoms with Crippen LogP contribution in [0.1, 0.15) is 16.9 Å². The van der Waals surface area contributed by atoms with Gasteiger partial charge in [0, 0.05) is 12.1 Å². The molecule has 0 atom stereocenters. The quantitative estimate of drug-likeness (QED) is 0.349. The number of nitrogens with one attached hydrogen (secondary N) is 1. The summed E-state index contributed by atoms with van der Waals surface area (Å²) in [6.07, 6.45) is 1.60. The van der Waals surface area contributed by atoms with Gasteiger partial charge < -0.3 is 9.73 Å². The Hall–Kier alpha value is -3.65. The van der Waals surface area contributed by atoms with Crippen molar-refractivity contribution in [3.05, 3.63) is 86.5 Å². The molecule has 0 spiro atoms. The van der Waals surface area contributed by atoms with Gasteiger partial charge in [-0.1, -0.05) is 18.2 Å². The smallest absolute Gasteiger partial charge is 0.280 e. The average molecular weight is 419 g/mol. The number of carbonyl (C=O) groups is 1. The summed E-state index contributed by atoms with van der Waals surface area (Å²) in [5, 5.41) is 14.5. The Morgan fingerprint density at radius 3 is 2.57 bits per heavy atom. The maximum absolute atomic E-state index is 12.3. The number of carbonyl (C=O) groups excluding carboxylic acids is 1. The van der Waals surface area contributed by atoms with Crippen molar-refractivity contribution in [2.75, 3.05) is 0 Å². The van der Waals surface area contributed by atoms with Gasteiger partial charge in [0.15, 0.2) is 5.17 Å². The minimum atomic E-state index is -0.452. The minimum Gasteiger partial charge on any atom is -0.456 e. The molecule has 0 aliphatic carbocycles. The molecule has 1 amide bonds. The summed E-state index contributed by atoms with van der Waals surface area (Å²) < 4.78 is 5.74. The maximum atomic E-state index is 12.3. The third-order valence-electron chi connectivity index (χ3n) is 4.35. The van der Waals surface area contributed by atoms with Gasteiger partial charge in [-0.25, -0.2) is 4.99 Å². The van der Waals surface area contributed by atoms with Crippen molar-refractivity contribution < 1.29 is 14.1 Å². The highest BCUT2D eigenvalue weighted by Gasteiger charge is 2.25. The Kier molecular flexibility index (Phi) is 5.24. The second kappa shape index (κ2) is 8.00. The van der Waals surface area contributed by atoms with Crippen molar-refractivity contribution in [1.29, 1.82) is 0 Å². The molecule has 7 nitrogen and oxygen atoms in total. The predicted molar refractivity (Wildman–Crippen MR) is 118 cm³/mol. The second-order valence-electron chi connectivity index (χ2n) is 6.80. The van der Waals surface area contributed by atoms with Crippen molar-refractivity contribution in [3.8, 4) is 11.3 Å². The molecule has 30 heavy (non-hydrogen) atoms. The van der Waals surface area contributed by atoms with Gasteiger partial charge in [0.2, 0.25) is 0 Å². The number of rotatable bonds is 4. The Labute approximate surface area is 176 Å². The topological polar surface area (TPSA) is 97.7 Å². The predicted octanol–water partition coefficient (Wildman–Crippen LogP) is 5.36. The number of aliphatic imine (C=N–C) groups is 1. The standard InChI is InChI=1S/C22H17N3O4S/c1-13-9-14(2)11-15(10-13)23-22-24-21(26)20(30-22)12-16-7-8-19(29-16)17-5-3-4-6-18(17)25(27)28/h3-12H,1-2H3,(H,23,24,26)/b20-12+. The van der Waals surface area contributed by atoms with E-state index >= 15 is 0 Å². The van der Waals surface area contributed by atoms with Crippen molar-refractivity contribution in [2.45, 2.75) is 13.8 Å². The molecule has 4 rings (SSSR count). The van der Waals surface area contributed by atoms with E-state index in [4.69, 9.17) is 4.42 Å². The van der Waals surface area contributed by atoms with E-state index in [1.165, 1.54) is 17.8 Å². The van der Waals surface area contributed by atoms with Gasteiger partial charge >= 0.3 is 0 Å². The number of nitro groups is 1. The molecular weight excluding hydrogens is 402 g/mol. The first-order valence-corrected chi connectivity index (χ1v) is 9.92. The first-order chi connectivity index (χ1) is 14.4. The summed E-state index contributed by atoms with van der Waals surface area (Å²) in [6.45, 7) is 3.99. The lowest BCUT2D eigenvalue weighted by molar-refractivity contribution is -0.384. The van der Waals surface area contributed by atoms with Crippen LogP contribution < -0.4 is 5.32 Å². The van der Waals surface area contributed by atoms with Crippen molar-refractivity contribution >= 4 is 40.3 Å². The number of benzene rings is 2. The lowest BCUT2D eigenvalue weighted by Gasteiger charge is -2.00. The van der Waals surface area contributed by atoms with Crippen molar-refractivity contribution in [1.82, 2.24) is 5.32 Å². The van der Waals surface area contributed by atoms with Crippen LogP contribution in [-0.4, -0.2) is 16.0 Å². The van der Waals surface area contributed by atoms with Crippen LogP contribution in [-0.2, 0) is 4.79 Å². The fraction of sp³-hybridized carbons (Fsp3) is 0.0909. The number of thioether (sulfide) groups is 1. The third-order valence-corrected chi connectivity index (χ3v) is 5.26. The summed E-state index contributed by atoms with van der Waals surface area (Å²) in [7, 11) is 0. The number of aryl methyl sites for hydroxylation is 2. The Balaban J connectivity index is 1.59. The summed E-state index contributed by atoms with van der Waals surface area (Å²) in [4.78, 5) is 28.0. The van der Waals surface area contributed by atoms with E-state index in [0.717, 1.165) is 16.8 Å². The van der Waals surface area contributed by atoms with Crippen molar-refractivity contribution in [3.63, 3.8) is 0 Å². The van der Waals surface area contributed by atoms with E-state index in [1.54, 1.807) is 36.4 Å². The van der Waals surface area contributed by atoms with E-state index in [1.807, 2.05) is 26.0 Å². The zero-order valence-electron chi connectivity index (χ0n) is 16.2. The van der Waals surface area contributed by atoms with E-state index in [0.29, 0.717) is 27.2 Å². The van der Waals surface area contributed by atoms with Crippen molar-refractivity contribution in [2.24, 2.45) is 4.99 Å². The molecule has 1 N–H and O–H groups in total. The molecule has 2 heterocycles. The molecule has 0 saturated carbocycles. The first kappa shape index (κ1) is 19.7. The number of amides is 1. The molecule has 1 fully saturated rings. The van der Waals surface area contributed by atoms with Gasteiger partial charge in [0.05, 0.1) is 21.1 Å². The fourth-order valence-electron chi connectivity index (χ4n) is 3.16. The summed E-state index contributed by atoms with van der Waals surface area (Å²) in [5.74, 6) is 0.516. The molecule has 0 radical (unpaired) electrons. The van der Waals surface area contributed by atoms with Crippen LogP contribution in [0.4, 0.5) is 11.4 Å². The van der Waals surface area contributed by atoms with Crippen LogP contribution in [0.25, 0.3) is 17.4 Å². The van der Waals surface area contributed by atoms with Crippen LogP contribution >= 0.6 is 11.8 Å². The molecule has 1 aliphatic rings. The molecule has 1 aromatic heterocycles. The molecule has 0 unspecified atom stereocenters. The zero-order chi connectivity index (χ0) is 21.3. The molecule has 3 aromatic rings. The number of hydrogen-bond acceptors (Lipinski definition) is 6. The molecule has 1 aliphatic heterocycles. The third kappa shape index (κ3) is 4.18. The number of para-hydroxylation sites is 1. The number of nitrogens with zero attached hydrogens (tertiary/aromatic N) is 2. The normalized spacial score (nSPS) is 16.3. The van der Waals surface area contributed by atoms with Gasteiger partial charge in [-0.3, -0.25) is 14.9 Å². The number of furan rings is 1. The molecular formula is C22H17N3O4S. The molecule has 2 aromatic carbocycles. The monoisotopic (exact) mass is 419 g/mol. The zero-order valence-corrected chi connectivity index (χ0v) is 17.0.